The van der Waals surface area contributed by atoms with Crippen molar-refractivity contribution in [1.29, 1.82) is 0 Å². The summed E-state index contributed by atoms with van der Waals surface area (Å²) in [4.78, 5) is 23.8. The molecule has 0 radical (unpaired) electrons. The van der Waals surface area contributed by atoms with Crippen LogP contribution in [0.15, 0.2) is 55.1 Å². The van der Waals surface area contributed by atoms with Gasteiger partial charge in [-0.25, -0.2) is 13.2 Å². The van der Waals surface area contributed by atoms with E-state index in [2.05, 4.69) is 4.74 Å². The normalized spacial score (nSPS) is 15.5. The molecule has 0 aliphatic heterocycles. The number of nitrogens with zero attached hydrogens (tertiary/aromatic N) is 2. The third-order valence-electron chi connectivity index (χ3n) is 5.63. The zero-order valence-electron chi connectivity index (χ0n) is 17.2. The monoisotopic (exact) mass is 448 g/mol. The maximum Gasteiger partial charge on any atom is 0.420 e. The summed E-state index contributed by atoms with van der Waals surface area (Å²) in [7, 11) is -2.67. The summed E-state index contributed by atoms with van der Waals surface area (Å²) in [6.45, 7) is -0.188. The van der Waals surface area contributed by atoms with E-state index in [0.29, 0.717) is 11.3 Å². The van der Waals surface area contributed by atoms with Crippen LogP contribution in [-0.4, -0.2) is 36.4 Å². The van der Waals surface area contributed by atoms with Crippen molar-refractivity contribution in [3.63, 3.8) is 0 Å². The maximum absolute atomic E-state index is 13.6. The molecule has 0 bridgehead atoms. The molecule has 0 amide bonds. The van der Waals surface area contributed by atoms with Crippen molar-refractivity contribution in [2.75, 3.05) is 7.11 Å². The number of hydrogen-bond acceptors (Lipinski definition) is 7. The second-order valence-corrected chi connectivity index (χ2v) is 9.47. The fourth-order valence-electron chi connectivity index (χ4n) is 4.02. The first-order valence-electron chi connectivity index (χ1n) is 10.1. The quantitative estimate of drug-likeness (QED) is 0.511. The van der Waals surface area contributed by atoms with E-state index in [1.807, 2.05) is 0 Å². The molecule has 1 fully saturated rings. The summed E-state index contributed by atoms with van der Waals surface area (Å²) < 4.78 is 45.0. The lowest BCUT2D eigenvalue weighted by molar-refractivity contribution is -0.141. The van der Waals surface area contributed by atoms with Gasteiger partial charge in [-0.05, 0) is 37.1 Å². The molecule has 0 saturated heterocycles. The van der Waals surface area contributed by atoms with Gasteiger partial charge in [0, 0.05) is 12.1 Å². The average Bonchev–Trinajstić information content (AvgIpc) is 3.39. The number of aromatic nitrogens is 1. The molecule has 9 nitrogen and oxygen atoms in total. The Hall–Kier alpha value is -2.85. The van der Waals surface area contributed by atoms with Gasteiger partial charge in [0.25, 0.3) is 0 Å². The average molecular weight is 448 g/mol. The van der Waals surface area contributed by atoms with Crippen molar-refractivity contribution in [2.45, 2.75) is 56.1 Å². The van der Waals surface area contributed by atoms with E-state index in [0.717, 1.165) is 36.7 Å². The molecule has 10 heteroatoms. The molecular weight excluding hydrogens is 424 g/mol. The largest absolute Gasteiger partial charge is 0.468 e. The fraction of sp³-hybridized carbons (Fsp3) is 0.429. The van der Waals surface area contributed by atoms with Crippen LogP contribution in [0.25, 0.3) is 11.1 Å². The van der Waals surface area contributed by atoms with Gasteiger partial charge in [-0.3, -0.25) is 9.36 Å². The minimum absolute atomic E-state index is 0.0242. The van der Waals surface area contributed by atoms with Crippen LogP contribution in [0.3, 0.4) is 0 Å². The van der Waals surface area contributed by atoms with Crippen LogP contribution in [-0.2, 0) is 32.6 Å². The van der Waals surface area contributed by atoms with Crippen LogP contribution in [0.2, 0.25) is 0 Å². The summed E-state index contributed by atoms with van der Waals surface area (Å²) in [5.41, 5.74) is 0.418. The van der Waals surface area contributed by atoms with Crippen molar-refractivity contribution < 1.29 is 26.8 Å². The molecule has 4 rings (SSSR count). The van der Waals surface area contributed by atoms with Crippen LogP contribution in [0.1, 0.15) is 37.9 Å². The van der Waals surface area contributed by atoms with E-state index in [9.17, 15) is 18.0 Å². The van der Waals surface area contributed by atoms with Crippen LogP contribution >= 0.6 is 0 Å². The summed E-state index contributed by atoms with van der Waals surface area (Å²) in [6.07, 6.45) is 6.12. The third-order valence-corrected chi connectivity index (χ3v) is 7.53. The van der Waals surface area contributed by atoms with Crippen LogP contribution in [0.4, 0.5) is 0 Å². The summed E-state index contributed by atoms with van der Waals surface area (Å²) in [5, 5.41) is 0. The van der Waals surface area contributed by atoms with Gasteiger partial charge in [-0.15, -0.1) is 0 Å². The minimum Gasteiger partial charge on any atom is -0.468 e. The Morgan fingerprint density at radius 2 is 2.00 bits per heavy atom. The highest BCUT2D eigenvalue weighted by atomic mass is 32.2. The topological polar surface area (TPSA) is 112 Å². The highest BCUT2D eigenvalue weighted by molar-refractivity contribution is 7.89. The van der Waals surface area contributed by atoms with Crippen molar-refractivity contribution in [2.24, 2.45) is 0 Å². The number of fused-ring (bicyclic) bond motifs is 1. The standard InChI is InChI=1S/C21H24N2O7S/c1-28-20(24)14-22-18-10-9-17(12-19(18)30-21(22)25)31(26,27)23(13-16-8-5-11-29-16)15-6-3-2-4-7-15/h5,8-12,15H,2-4,6-7,13-14H2,1H3. The minimum atomic E-state index is -3.89. The van der Waals surface area contributed by atoms with E-state index >= 15 is 0 Å². The van der Waals surface area contributed by atoms with Crippen molar-refractivity contribution in [3.05, 3.63) is 52.9 Å². The molecule has 3 aromatic rings. The SMILES string of the molecule is COC(=O)Cn1c(=O)oc2cc(S(=O)(=O)N(Cc3ccco3)C3CCCCC3)ccc21. The van der Waals surface area contributed by atoms with Gasteiger partial charge in [-0.2, -0.15) is 4.31 Å². The molecule has 1 aliphatic carbocycles. The van der Waals surface area contributed by atoms with Crippen LogP contribution in [0, 0.1) is 0 Å². The van der Waals surface area contributed by atoms with Gasteiger partial charge < -0.3 is 13.6 Å². The lowest BCUT2D eigenvalue weighted by atomic mass is 9.95. The van der Waals surface area contributed by atoms with E-state index in [-0.39, 0.29) is 29.6 Å². The second-order valence-electron chi connectivity index (χ2n) is 7.58. The number of esters is 1. The summed E-state index contributed by atoms with van der Waals surface area (Å²) in [6, 6.07) is 7.58. The number of rotatable bonds is 7. The Kier molecular flexibility index (Phi) is 6.01. The molecule has 2 heterocycles. The number of methoxy groups -OCH3 is 1. The Balaban J connectivity index is 1.72. The molecule has 0 spiro atoms. The number of oxazole rings is 1. The molecule has 1 aliphatic rings. The van der Waals surface area contributed by atoms with E-state index in [4.69, 9.17) is 8.83 Å². The van der Waals surface area contributed by atoms with Crippen LogP contribution in [0.5, 0.6) is 0 Å². The van der Waals surface area contributed by atoms with Crippen LogP contribution < -0.4 is 5.76 Å². The van der Waals surface area contributed by atoms with Gasteiger partial charge in [0.2, 0.25) is 10.0 Å². The molecule has 2 aromatic heterocycles. The van der Waals surface area contributed by atoms with E-state index in [1.54, 1.807) is 12.1 Å². The van der Waals surface area contributed by atoms with Crippen molar-refractivity contribution in [1.82, 2.24) is 8.87 Å². The van der Waals surface area contributed by atoms with Gasteiger partial charge in [0.05, 0.1) is 30.3 Å². The Bertz CT molecular complexity index is 1220. The molecule has 0 atom stereocenters. The fourth-order valence-corrected chi connectivity index (χ4v) is 5.69. The number of sulfonamides is 1. The molecular formula is C21H24N2O7S. The molecule has 166 valence electrons. The number of carbonyl (C=O) groups is 1. The summed E-state index contributed by atoms with van der Waals surface area (Å²) >= 11 is 0. The number of furan rings is 1. The summed E-state index contributed by atoms with van der Waals surface area (Å²) in [5.74, 6) is -0.802. The Morgan fingerprint density at radius 3 is 2.68 bits per heavy atom. The van der Waals surface area contributed by atoms with Crippen molar-refractivity contribution in [3.8, 4) is 0 Å². The number of carbonyl (C=O) groups excluding carboxylic acids is 1. The first-order chi connectivity index (χ1) is 14.9. The number of hydrogen-bond donors (Lipinski definition) is 0. The lowest BCUT2D eigenvalue weighted by Gasteiger charge is -2.32. The zero-order chi connectivity index (χ0) is 22.0. The Morgan fingerprint density at radius 1 is 1.23 bits per heavy atom. The highest BCUT2D eigenvalue weighted by Gasteiger charge is 2.33. The Labute approximate surface area is 179 Å². The molecule has 31 heavy (non-hydrogen) atoms. The van der Waals surface area contributed by atoms with E-state index < -0.39 is 21.7 Å². The maximum atomic E-state index is 13.6. The van der Waals surface area contributed by atoms with E-state index in [1.165, 1.54) is 35.9 Å². The highest BCUT2D eigenvalue weighted by Crippen LogP contribution is 2.30. The predicted octanol–water partition coefficient (Wildman–Crippen LogP) is 2.88. The zero-order valence-corrected chi connectivity index (χ0v) is 18.0. The number of benzene rings is 1. The first-order valence-corrected chi connectivity index (χ1v) is 11.6. The van der Waals surface area contributed by atoms with Gasteiger partial charge >= 0.3 is 11.7 Å². The third kappa shape index (κ3) is 4.31. The number of ether oxygens (including phenoxy) is 1. The van der Waals surface area contributed by atoms with Gasteiger partial charge in [0.15, 0.2) is 5.58 Å². The van der Waals surface area contributed by atoms with Gasteiger partial charge in [-0.1, -0.05) is 19.3 Å². The van der Waals surface area contributed by atoms with Crippen molar-refractivity contribution >= 4 is 27.1 Å². The lowest BCUT2D eigenvalue weighted by Crippen LogP contribution is -2.40. The smallest absolute Gasteiger partial charge is 0.420 e. The second kappa shape index (κ2) is 8.72. The molecule has 0 unspecified atom stereocenters. The van der Waals surface area contributed by atoms with Gasteiger partial charge in [0.1, 0.15) is 12.3 Å². The molecule has 1 saturated carbocycles. The predicted molar refractivity (Wildman–Crippen MR) is 111 cm³/mol. The molecule has 1 aromatic carbocycles. The first kappa shape index (κ1) is 21.4. The molecule has 0 N–H and O–H groups in total.